The number of para-hydroxylation sites is 1. The van der Waals surface area contributed by atoms with Crippen molar-refractivity contribution in [3.63, 3.8) is 0 Å². The number of carbonyl (C=O) groups is 1. The Morgan fingerprint density at radius 1 is 1.21 bits per heavy atom. The van der Waals surface area contributed by atoms with Gasteiger partial charge in [-0.1, -0.05) is 36.5 Å². The zero-order valence-electron chi connectivity index (χ0n) is 13.5. The fourth-order valence-electron chi connectivity index (χ4n) is 2.34. The Bertz CT molecular complexity index is 860. The second-order valence-electron chi connectivity index (χ2n) is 5.15. The van der Waals surface area contributed by atoms with Crippen molar-refractivity contribution in [2.75, 3.05) is 19.0 Å². The molecule has 1 aromatic heterocycles. The minimum atomic E-state index is -0.241. The molecule has 2 aromatic carbocycles. The summed E-state index contributed by atoms with van der Waals surface area (Å²) in [6.07, 6.45) is 0.910. The first-order valence-electron chi connectivity index (χ1n) is 7.64. The summed E-state index contributed by atoms with van der Waals surface area (Å²) in [5, 5.41) is 3.38. The second-order valence-corrected chi connectivity index (χ2v) is 6.18. The smallest absolute Gasteiger partial charge is 0.264 e. The molecule has 0 aliphatic heterocycles. The van der Waals surface area contributed by atoms with Crippen molar-refractivity contribution in [2.24, 2.45) is 0 Å². The van der Waals surface area contributed by atoms with Crippen molar-refractivity contribution < 1.29 is 14.3 Å². The molecule has 0 bridgehead atoms. The van der Waals surface area contributed by atoms with E-state index in [9.17, 15) is 4.79 Å². The number of ether oxygens (including phenoxy) is 2. The standard InChI is InChI=1S/C18H18N2O3S/c1-3-12-6-4-9-15-17(12)20-18(24-15)19-16(21)11-23-14-8-5-7-13(10-14)22-2/h4-10H,3,11H2,1-2H3,(H,19,20,21). The molecule has 0 saturated heterocycles. The molecule has 24 heavy (non-hydrogen) atoms. The van der Waals surface area contributed by atoms with Crippen molar-refractivity contribution in [1.29, 1.82) is 0 Å². The Balaban J connectivity index is 1.64. The van der Waals surface area contributed by atoms with E-state index in [1.165, 1.54) is 16.9 Å². The highest BCUT2D eigenvalue weighted by atomic mass is 32.1. The Hall–Kier alpha value is -2.60. The van der Waals surface area contributed by atoms with Gasteiger partial charge in [-0.25, -0.2) is 4.98 Å². The molecule has 0 radical (unpaired) electrons. The topological polar surface area (TPSA) is 60.5 Å². The molecular weight excluding hydrogens is 324 g/mol. The summed E-state index contributed by atoms with van der Waals surface area (Å²) in [4.78, 5) is 16.6. The van der Waals surface area contributed by atoms with Crippen LogP contribution in [0.15, 0.2) is 42.5 Å². The summed E-state index contributed by atoms with van der Waals surface area (Å²) in [6.45, 7) is 2.01. The summed E-state index contributed by atoms with van der Waals surface area (Å²) in [6, 6.07) is 13.2. The second kappa shape index (κ2) is 7.31. The van der Waals surface area contributed by atoms with Gasteiger partial charge in [-0.3, -0.25) is 10.1 Å². The van der Waals surface area contributed by atoms with E-state index in [-0.39, 0.29) is 12.5 Å². The van der Waals surface area contributed by atoms with Crippen LogP contribution in [-0.2, 0) is 11.2 Å². The van der Waals surface area contributed by atoms with Crippen LogP contribution in [-0.4, -0.2) is 24.6 Å². The van der Waals surface area contributed by atoms with E-state index in [1.807, 2.05) is 24.3 Å². The van der Waals surface area contributed by atoms with E-state index in [0.29, 0.717) is 16.6 Å². The zero-order chi connectivity index (χ0) is 16.9. The first kappa shape index (κ1) is 16.3. The molecule has 124 valence electrons. The number of hydrogen-bond donors (Lipinski definition) is 1. The Morgan fingerprint density at radius 2 is 2.00 bits per heavy atom. The van der Waals surface area contributed by atoms with Crippen LogP contribution >= 0.6 is 11.3 Å². The lowest BCUT2D eigenvalue weighted by Gasteiger charge is -2.07. The monoisotopic (exact) mass is 342 g/mol. The van der Waals surface area contributed by atoms with Crippen LogP contribution < -0.4 is 14.8 Å². The molecular formula is C18H18N2O3S. The van der Waals surface area contributed by atoms with Crippen LogP contribution in [0.25, 0.3) is 10.2 Å². The minimum Gasteiger partial charge on any atom is -0.497 e. The molecule has 0 aliphatic rings. The van der Waals surface area contributed by atoms with Gasteiger partial charge < -0.3 is 9.47 Å². The average molecular weight is 342 g/mol. The number of thiazole rings is 1. The number of nitrogens with zero attached hydrogens (tertiary/aromatic N) is 1. The Kier molecular flexibility index (Phi) is 4.96. The maximum absolute atomic E-state index is 12.1. The number of nitrogens with one attached hydrogen (secondary N) is 1. The number of amides is 1. The third kappa shape index (κ3) is 3.65. The third-order valence-corrected chi connectivity index (χ3v) is 4.48. The number of methoxy groups -OCH3 is 1. The van der Waals surface area contributed by atoms with Crippen molar-refractivity contribution in [3.8, 4) is 11.5 Å². The molecule has 3 aromatic rings. The molecule has 1 heterocycles. The predicted octanol–water partition coefficient (Wildman–Crippen LogP) is 3.88. The fraction of sp³-hybridized carbons (Fsp3) is 0.222. The number of fused-ring (bicyclic) bond motifs is 1. The Labute approximate surface area is 144 Å². The van der Waals surface area contributed by atoms with Gasteiger partial charge in [0.25, 0.3) is 5.91 Å². The fourth-order valence-corrected chi connectivity index (χ4v) is 3.27. The van der Waals surface area contributed by atoms with Crippen LogP contribution in [0, 0.1) is 0 Å². The lowest BCUT2D eigenvalue weighted by molar-refractivity contribution is -0.118. The van der Waals surface area contributed by atoms with Crippen molar-refractivity contribution >= 4 is 32.6 Å². The molecule has 3 rings (SSSR count). The van der Waals surface area contributed by atoms with E-state index < -0.39 is 0 Å². The van der Waals surface area contributed by atoms with E-state index in [0.717, 1.165) is 16.6 Å². The predicted molar refractivity (Wildman–Crippen MR) is 96.1 cm³/mol. The van der Waals surface area contributed by atoms with Crippen molar-refractivity contribution in [3.05, 3.63) is 48.0 Å². The van der Waals surface area contributed by atoms with E-state index >= 15 is 0 Å². The molecule has 0 unspecified atom stereocenters. The molecule has 1 N–H and O–H groups in total. The molecule has 6 heteroatoms. The van der Waals surface area contributed by atoms with Gasteiger partial charge in [0.2, 0.25) is 0 Å². The number of anilines is 1. The lowest BCUT2D eigenvalue weighted by atomic mass is 10.1. The van der Waals surface area contributed by atoms with Gasteiger partial charge in [-0.2, -0.15) is 0 Å². The Morgan fingerprint density at radius 3 is 2.79 bits per heavy atom. The van der Waals surface area contributed by atoms with E-state index in [4.69, 9.17) is 9.47 Å². The SMILES string of the molecule is CCc1cccc2sc(NC(=O)COc3cccc(OC)c3)nc12. The molecule has 0 aliphatic carbocycles. The molecule has 5 nitrogen and oxygen atoms in total. The maximum Gasteiger partial charge on any atom is 0.264 e. The van der Waals surface area contributed by atoms with Crippen LogP contribution in [0.1, 0.15) is 12.5 Å². The van der Waals surface area contributed by atoms with E-state index in [1.54, 1.807) is 19.2 Å². The first-order valence-corrected chi connectivity index (χ1v) is 8.46. The zero-order valence-corrected chi connectivity index (χ0v) is 14.4. The number of carbonyl (C=O) groups excluding carboxylic acids is 1. The molecule has 0 fully saturated rings. The van der Waals surface area contributed by atoms with Gasteiger partial charge in [-0.15, -0.1) is 0 Å². The van der Waals surface area contributed by atoms with Crippen LogP contribution in [0.5, 0.6) is 11.5 Å². The third-order valence-electron chi connectivity index (χ3n) is 3.54. The van der Waals surface area contributed by atoms with Crippen LogP contribution in [0.4, 0.5) is 5.13 Å². The average Bonchev–Trinajstić information content (AvgIpc) is 3.02. The molecule has 0 spiro atoms. The number of benzene rings is 2. The summed E-state index contributed by atoms with van der Waals surface area (Å²) in [5.41, 5.74) is 2.13. The largest absolute Gasteiger partial charge is 0.497 e. The number of rotatable bonds is 6. The van der Waals surface area contributed by atoms with Gasteiger partial charge in [-0.05, 0) is 30.2 Å². The van der Waals surface area contributed by atoms with Crippen LogP contribution in [0.3, 0.4) is 0 Å². The highest BCUT2D eigenvalue weighted by molar-refractivity contribution is 7.22. The summed E-state index contributed by atoms with van der Waals surface area (Å²) < 4.78 is 11.7. The van der Waals surface area contributed by atoms with Crippen molar-refractivity contribution in [2.45, 2.75) is 13.3 Å². The summed E-state index contributed by atoms with van der Waals surface area (Å²) in [5.74, 6) is 1.03. The van der Waals surface area contributed by atoms with Crippen molar-refractivity contribution in [1.82, 2.24) is 4.98 Å². The van der Waals surface area contributed by atoms with E-state index in [2.05, 4.69) is 23.3 Å². The normalized spacial score (nSPS) is 10.6. The summed E-state index contributed by atoms with van der Waals surface area (Å²) >= 11 is 1.46. The highest BCUT2D eigenvalue weighted by Gasteiger charge is 2.10. The maximum atomic E-state index is 12.1. The quantitative estimate of drug-likeness (QED) is 0.738. The summed E-state index contributed by atoms with van der Waals surface area (Å²) in [7, 11) is 1.59. The lowest BCUT2D eigenvalue weighted by Crippen LogP contribution is -2.20. The molecule has 0 atom stereocenters. The van der Waals surface area contributed by atoms with Gasteiger partial charge in [0.15, 0.2) is 11.7 Å². The minimum absolute atomic E-state index is 0.0796. The number of aryl methyl sites for hydroxylation is 1. The molecule has 0 saturated carbocycles. The van der Waals surface area contributed by atoms with Gasteiger partial charge in [0.05, 0.1) is 17.3 Å². The van der Waals surface area contributed by atoms with Crippen LogP contribution in [0.2, 0.25) is 0 Å². The first-order chi connectivity index (χ1) is 11.7. The van der Waals surface area contributed by atoms with Gasteiger partial charge in [0, 0.05) is 6.07 Å². The molecule has 1 amide bonds. The number of aromatic nitrogens is 1. The van der Waals surface area contributed by atoms with Gasteiger partial charge >= 0.3 is 0 Å². The highest BCUT2D eigenvalue weighted by Crippen LogP contribution is 2.28. The number of hydrogen-bond acceptors (Lipinski definition) is 5. The van der Waals surface area contributed by atoms with Gasteiger partial charge in [0.1, 0.15) is 11.5 Å².